The van der Waals surface area contributed by atoms with Gasteiger partial charge < -0.3 is 24.7 Å². The number of carbonyl (C=O) groups excluding carboxylic acids is 2. The predicted octanol–water partition coefficient (Wildman–Crippen LogP) is 7.61. The summed E-state index contributed by atoms with van der Waals surface area (Å²) in [5.41, 5.74) is 1.85. The molecule has 1 amide bonds. The number of ether oxygens (including phenoxy) is 1. The topological polar surface area (TPSA) is 105 Å². The molecule has 0 aliphatic rings. The van der Waals surface area contributed by atoms with Crippen molar-refractivity contribution in [3.63, 3.8) is 0 Å². The lowest BCUT2D eigenvalue weighted by molar-refractivity contribution is -0.157. The highest BCUT2D eigenvalue weighted by Gasteiger charge is 2.45. The van der Waals surface area contributed by atoms with E-state index in [2.05, 4.69) is 53.0 Å². The minimum Gasteiger partial charge on any atom is -0.456 e. The Morgan fingerprint density at radius 2 is 1.38 bits per heavy atom. The van der Waals surface area contributed by atoms with Gasteiger partial charge in [-0.15, -0.1) is 0 Å². The molecule has 7 nitrogen and oxygen atoms in total. The predicted molar refractivity (Wildman–Crippen MR) is 184 cm³/mol. The van der Waals surface area contributed by atoms with Crippen molar-refractivity contribution in [2.45, 2.75) is 124 Å². The molecule has 2 rings (SSSR count). The fourth-order valence-electron chi connectivity index (χ4n) is 4.90. The third-order valence-electron chi connectivity index (χ3n) is 10.2. The van der Waals surface area contributed by atoms with Crippen LogP contribution in [0.1, 0.15) is 97.6 Å². The number of aliphatic hydroxyl groups excluding tert-OH is 2. The van der Waals surface area contributed by atoms with Crippen LogP contribution in [0.15, 0.2) is 71.8 Å². The SMILES string of the molecule is CC[C@H](C)C(C)(C)[C@@H](O)[C@@H](O)/C(C)=C(\C)C(C)OC(=O)[C@H](O[Si](C)(C)C(C)(C)C)[C@@H](NC(=O)c1ccccc1)c1ccccc1. The van der Waals surface area contributed by atoms with E-state index in [0.29, 0.717) is 22.3 Å². The van der Waals surface area contributed by atoms with E-state index >= 15 is 0 Å². The number of hydrogen-bond acceptors (Lipinski definition) is 6. The van der Waals surface area contributed by atoms with E-state index in [1.165, 1.54) is 0 Å². The van der Waals surface area contributed by atoms with E-state index < -0.39 is 50.2 Å². The average Bonchev–Trinajstić information content (AvgIpc) is 3.00. The quantitative estimate of drug-likeness (QED) is 0.112. The van der Waals surface area contributed by atoms with Gasteiger partial charge in [-0.1, -0.05) is 103 Å². The van der Waals surface area contributed by atoms with Gasteiger partial charge in [-0.05, 0) is 79.1 Å². The molecule has 250 valence electrons. The molecule has 0 aromatic heterocycles. The zero-order valence-electron chi connectivity index (χ0n) is 29.5. The van der Waals surface area contributed by atoms with Crippen LogP contribution in [0.3, 0.4) is 0 Å². The third-order valence-corrected chi connectivity index (χ3v) is 14.6. The van der Waals surface area contributed by atoms with E-state index in [9.17, 15) is 19.8 Å². The number of amides is 1. The Hall–Kier alpha value is -2.78. The van der Waals surface area contributed by atoms with Gasteiger partial charge in [0.25, 0.3) is 5.91 Å². The number of hydrogen-bond donors (Lipinski definition) is 3. The molecule has 0 spiro atoms. The second-order valence-corrected chi connectivity index (χ2v) is 19.2. The van der Waals surface area contributed by atoms with Gasteiger partial charge >= 0.3 is 5.97 Å². The summed E-state index contributed by atoms with van der Waals surface area (Å²) in [6.07, 6.45) is -3.13. The van der Waals surface area contributed by atoms with Crippen molar-refractivity contribution in [1.82, 2.24) is 5.32 Å². The molecular weight excluding hydrogens is 582 g/mol. The lowest BCUT2D eigenvalue weighted by Gasteiger charge is -2.41. The molecule has 0 aliphatic carbocycles. The Bertz CT molecular complexity index is 1280. The smallest absolute Gasteiger partial charge is 0.337 e. The molecule has 2 aromatic carbocycles. The molecule has 2 aromatic rings. The summed E-state index contributed by atoms with van der Waals surface area (Å²) in [6, 6.07) is 17.4. The molecule has 0 saturated heterocycles. The zero-order valence-corrected chi connectivity index (χ0v) is 30.5. The summed E-state index contributed by atoms with van der Waals surface area (Å²) in [6.45, 7) is 23.7. The van der Waals surface area contributed by atoms with Crippen molar-refractivity contribution < 1.29 is 29.0 Å². The van der Waals surface area contributed by atoms with Gasteiger partial charge in [0, 0.05) is 5.56 Å². The van der Waals surface area contributed by atoms with Crippen LogP contribution < -0.4 is 5.32 Å². The van der Waals surface area contributed by atoms with Crippen LogP contribution in [0.2, 0.25) is 18.1 Å². The van der Waals surface area contributed by atoms with Gasteiger partial charge in [-0.3, -0.25) is 4.79 Å². The van der Waals surface area contributed by atoms with Crippen molar-refractivity contribution in [1.29, 1.82) is 0 Å². The Labute approximate surface area is 272 Å². The van der Waals surface area contributed by atoms with E-state index in [1.54, 1.807) is 45.0 Å². The second kappa shape index (κ2) is 15.7. The summed E-state index contributed by atoms with van der Waals surface area (Å²) in [5, 5.41) is 25.2. The van der Waals surface area contributed by atoms with E-state index in [0.717, 1.165) is 6.42 Å². The maximum atomic E-state index is 14.2. The molecule has 6 atom stereocenters. The van der Waals surface area contributed by atoms with E-state index in [1.807, 2.05) is 50.2 Å². The Morgan fingerprint density at radius 3 is 1.87 bits per heavy atom. The van der Waals surface area contributed by atoms with Gasteiger partial charge in [0.05, 0.1) is 12.1 Å². The molecule has 0 aliphatic heterocycles. The van der Waals surface area contributed by atoms with Crippen molar-refractivity contribution >= 4 is 20.2 Å². The second-order valence-electron chi connectivity index (χ2n) is 14.5. The summed E-state index contributed by atoms with van der Waals surface area (Å²) in [4.78, 5) is 27.7. The third kappa shape index (κ3) is 9.61. The van der Waals surface area contributed by atoms with Gasteiger partial charge in [0.1, 0.15) is 12.2 Å². The number of benzene rings is 2. The molecule has 45 heavy (non-hydrogen) atoms. The van der Waals surface area contributed by atoms with Crippen LogP contribution in [0, 0.1) is 11.3 Å². The highest BCUT2D eigenvalue weighted by molar-refractivity contribution is 6.74. The number of nitrogens with one attached hydrogen (secondary N) is 1. The molecule has 1 unspecified atom stereocenters. The number of rotatable bonds is 14. The number of carbonyl (C=O) groups is 2. The first-order chi connectivity index (χ1) is 20.8. The van der Waals surface area contributed by atoms with Crippen molar-refractivity contribution in [3.8, 4) is 0 Å². The molecule has 0 saturated carbocycles. The minimum atomic E-state index is -2.56. The van der Waals surface area contributed by atoms with Gasteiger partial charge in [-0.25, -0.2) is 4.79 Å². The molecule has 0 radical (unpaired) electrons. The lowest BCUT2D eigenvalue weighted by Crippen LogP contribution is -2.52. The standard InChI is InChI=1S/C37H57NO6Si/c1-13-24(2)37(9,10)33(40)31(39)26(4)25(3)27(5)43-35(42)32(44-45(11,12)36(6,7)8)30(28-20-16-14-17-21-28)38-34(41)29-22-18-15-19-23-29/h14-24,27,30-33,39-40H,13H2,1-12H3,(H,38,41)/b26-25+/t24-,27?,30-,31-,32+,33-/m0/s1. The summed E-state index contributed by atoms with van der Waals surface area (Å²) in [5.74, 6) is -0.765. The largest absolute Gasteiger partial charge is 0.456 e. The monoisotopic (exact) mass is 639 g/mol. The zero-order chi connectivity index (χ0) is 34.3. The summed E-state index contributed by atoms with van der Waals surface area (Å²) in [7, 11) is -2.56. The Balaban J connectivity index is 2.52. The first kappa shape index (κ1) is 38.4. The fourth-order valence-corrected chi connectivity index (χ4v) is 6.12. The normalized spacial score (nSPS) is 17.3. The van der Waals surface area contributed by atoms with E-state index in [-0.39, 0.29) is 16.9 Å². The minimum absolute atomic E-state index is 0.180. The lowest BCUT2D eigenvalue weighted by atomic mass is 9.71. The molecule has 3 N–H and O–H groups in total. The van der Waals surface area contributed by atoms with Gasteiger partial charge in [0.2, 0.25) is 0 Å². The Morgan fingerprint density at radius 1 is 0.867 bits per heavy atom. The molecule has 0 fully saturated rings. The van der Waals surface area contributed by atoms with Crippen LogP contribution in [-0.2, 0) is 14.0 Å². The summed E-state index contributed by atoms with van der Waals surface area (Å²) < 4.78 is 12.9. The first-order valence-electron chi connectivity index (χ1n) is 16.1. The highest BCUT2D eigenvalue weighted by Crippen LogP contribution is 2.40. The van der Waals surface area contributed by atoms with Crippen molar-refractivity contribution in [3.05, 3.63) is 82.9 Å². The number of aliphatic hydroxyl groups is 2. The van der Waals surface area contributed by atoms with Crippen LogP contribution in [0.4, 0.5) is 0 Å². The Kier molecular flexibility index (Phi) is 13.4. The average molecular weight is 640 g/mol. The first-order valence-corrected chi connectivity index (χ1v) is 19.0. The van der Waals surface area contributed by atoms with Crippen LogP contribution >= 0.6 is 0 Å². The van der Waals surface area contributed by atoms with Crippen molar-refractivity contribution in [2.75, 3.05) is 0 Å². The van der Waals surface area contributed by atoms with Gasteiger partial charge in [0.15, 0.2) is 14.4 Å². The molecule has 0 heterocycles. The van der Waals surface area contributed by atoms with Crippen LogP contribution in [-0.4, -0.2) is 54.8 Å². The van der Waals surface area contributed by atoms with E-state index in [4.69, 9.17) is 9.16 Å². The highest BCUT2D eigenvalue weighted by atomic mass is 28.4. The maximum Gasteiger partial charge on any atom is 0.337 e. The maximum absolute atomic E-state index is 14.2. The van der Waals surface area contributed by atoms with Crippen LogP contribution in [0.25, 0.3) is 0 Å². The summed E-state index contributed by atoms with van der Waals surface area (Å²) >= 11 is 0. The molecule has 0 bridgehead atoms. The van der Waals surface area contributed by atoms with Crippen LogP contribution in [0.5, 0.6) is 0 Å². The van der Waals surface area contributed by atoms with Gasteiger partial charge in [-0.2, -0.15) is 0 Å². The fraction of sp³-hybridized carbons (Fsp3) is 0.568. The van der Waals surface area contributed by atoms with Crippen molar-refractivity contribution in [2.24, 2.45) is 11.3 Å². The molecule has 8 heteroatoms. The molecular formula is C37H57NO6Si. The number of esters is 1.